The Labute approximate surface area is 84.7 Å². The van der Waals surface area contributed by atoms with Gasteiger partial charge >= 0.3 is 0 Å². The quantitative estimate of drug-likeness (QED) is 0.722. The fourth-order valence-corrected chi connectivity index (χ4v) is 1.75. The lowest BCUT2D eigenvalue weighted by Crippen LogP contribution is -2.46. The molecule has 1 aliphatic heterocycles. The molecule has 14 heavy (non-hydrogen) atoms. The number of hydrogen-bond donors (Lipinski definition) is 0. The molecule has 1 aliphatic rings. The average Bonchev–Trinajstić information content (AvgIpc) is 2.11. The standard InChI is InChI=1S/C11H16N2O/c1-9-3-11(5-12-4-9)14-8-10-6-13(2)7-10/h3-5,10H,6-8H2,1-2H3. The van der Waals surface area contributed by atoms with Crippen molar-refractivity contribution in [1.82, 2.24) is 9.88 Å². The Bertz CT molecular complexity index is 308. The van der Waals surface area contributed by atoms with Crippen LogP contribution in [-0.2, 0) is 0 Å². The highest BCUT2D eigenvalue weighted by molar-refractivity contribution is 5.22. The van der Waals surface area contributed by atoms with E-state index in [1.54, 1.807) is 6.20 Å². The molecule has 0 aliphatic carbocycles. The molecule has 76 valence electrons. The molecule has 3 heteroatoms. The maximum Gasteiger partial charge on any atom is 0.137 e. The molecule has 1 aromatic rings. The van der Waals surface area contributed by atoms with Gasteiger partial charge in [-0.05, 0) is 25.6 Å². The first-order valence-corrected chi connectivity index (χ1v) is 4.97. The molecule has 0 aromatic carbocycles. The van der Waals surface area contributed by atoms with Crippen LogP contribution in [0.25, 0.3) is 0 Å². The largest absolute Gasteiger partial charge is 0.492 e. The van der Waals surface area contributed by atoms with E-state index in [0.29, 0.717) is 5.92 Å². The van der Waals surface area contributed by atoms with Crippen LogP contribution in [0.5, 0.6) is 5.75 Å². The molecular formula is C11H16N2O. The number of likely N-dealkylation sites (tertiary alicyclic amines) is 1. The first-order chi connectivity index (χ1) is 6.74. The summed E-state index contributed by atoms with van der Waals surface area (Å²) in [5.74, 6) is 1.58. The molecule has 0 spiro atoms. The molecule has 1 fully saturated rings. The van der Waals surface area contributed by atoms with Crippen LogP contribution in [0.3, 0.4) is 0 Å². The van der Waals surface area contributed by atoms with Crippen LogP contribution in [0.1, 0.15) is 5.56 Å². The van der Waals surface area contributed by atoms with Gasteiger partial charge in [-0.25, -0.2) is 0 Å². The van der Waals surface area contributed by atoms with E-state index in [4.69, 9.17) is 4.74 Å². The number of ether oxygens (including phenoxy) is 1. The Morgan fingerprint density at radius 2 is 2.29 bits per heavy atom. The lowest BCUT2D eigenvalue weighted by atomic mass is 10.0. The Morgan fingerprint density at radius 3 is 2.93 bits per heavy atom. The van der Waals surface area contributed by atoms with Gasteiger partial charge in [0.2, 0.25) is 0 Å². The summed E-state index contributed by atoms with van der Waals surface area (Å²) in [5, 5.41) is 0. The van der Waals surface area contributed by atoms with Gasteiger partial charge in [-0.1, -0.05) is 0 Å². The third-order valence-corrected chi connectivity index (χ3v) is 2.48. The Balaban J connectivity index is 1.80. The van der Waals surface area contributed by atoms with Gasteiger partial charge in [0.05, 0.1) is 12.8 Å². The molecule has 0 N–H and O–H groups in total. The Kier molecular flexibility index (Phi) is 2.68. The van der Waals surface area contributed by atoms with Gasteiger partial charge in [0.1, 0.15) is 5.75 Å². The van der Waals surface area contributed by atoms with E-state index >= 15 is 0 Å². The summed E-state index contributed by atoms with van der Waals surface area (Å²) >= 11 is 0. The van der Waals surface area contributed by atoms with Crippen molar-refractivity contribution in [2.24, 2.45) is 5.92 Å². The number of rotatable bonds is 3. The summed E-state index contributed by atoms with van der Waals surface area (Å²) in [6, 6.07) is 2.02. The van der Waals surface area contributed by atoms with Crippen molar-refractivity contribution < 1.29 is 4.74 Å². The van der Waals surface area contributed by atoms with E-state index < -0.39 is 0 Å². The highest BCUT2D eigenvalue weighted by Gasteiger charge is 2.23. The van der Waals surface area contributed by atoms with Crippen molar-refractivity contribution in [2.45, 2.75) is 6.92 Å². The fraction of sp³-hybridized carbons (Fsp3) is 0.545. The second-order valence-corrected chi connectivity index (χ2v) is 4.10. The van der Waals surface area contributed by atoms with Crippen LogP contribution in [0, 0.1) is 12.8 Å². The van der Waals surface area contributed by atoms with Crippen molar-refractivity contribution in [1.29, 1.82) is 0 Å². The van der Waals surface area contributed by atoms with Crippen molar-refractivity contribution in [2.75, 3.05) is 26.7 Å². The zero-order valence-electron chi connectivity index (χ0n) is 8.73. The molecule has 0 radical (unpaired) electrons. The van der Waals surface area contributed by atoms with E-state index in [-0.39, 0.29) is 0 Å². The third-order valence-electron chi connectivity index (χ3n) is 2.48. The molecule has 3 nitrogen and oxygen atoms in total. The number of hydrogen-bond acceptors (Lipinski definition) is 3. The monoisotopic (exact) mass is 192 g/mol. The van der Waals surface area contributed by atoms with Gasteiger partial charge in [-0.15, -0.1) is 0 Å². The zero-order chi connectivity index (χ0) is 9.97. The Hall–Kier alpha value is -1.09. The second-order valence-electron chi connectivity index (χ2n) is 4.10. The minimum Gasteiger partial charge on any atom is -0.492 e. The van der Waals surface area contributed by atoms with E-state index in [1.165, 1.54) is 0 Å². The molecule has 0 saturated carbocycles. The molecular weight excluding hydrogens is 176 g/mol. The van der Waals surface area contributed by atoms with E-state index in [2.05, 4.69) is 16.9 Å². The summed E-state index contributed by atoms with van der Waals surface area (Å²) < 4.78 is 5.65. The van der Waals surface area contributed by atoms with Gasteiger partial charge < -0.3 is 9.64 Å². The minimum atomic E-state index is 0.695. The van der Waals surface area contributed by atoms with Crippen LogP contribution >= 0.6 is 0 Å². The predicted octanol–water partition coefficient (Wildman–Crippen LogP) is 1.33. The number of pyridine rings is 1. The van der Waals surface area contributed by atoms with E-state index in [1.807, 2.05) is 19.2 Å². The van der Waals surface area contributed by atoms with E-state index in [0.717, 1.165) is 31.0 Å². The van der Waals surface area contributed by atoms with Crippen LogP contribution in [0.4, 0.5) is 0 Å². The smallest absolute Gasteiger partial charge is 0.137 e. The third kappa shape index (κ3) is 2.23. The molecule has 0 bridgehead atoms. The van der Waals surface area contributed by atoms with Gasteiger partial charge in [-0.2, -0.15) is 0 Å². The first kappa shape index (κ1) is 9.46. The summed E-state index contributed by atoms with van der Waals surface area (Å²) in [4.78, 5) is 6.38. The van der Waals surface area contributed by atoms with Crippen LogP contribution < -0.4 is 4.74 Å². The first-order valence-electron chi connectivity index (χ1n) is 4.97. The summed E-state index contributed by atoms with van der Waals surface area (Å²) in [5.41, 5.74) is 1.15. The fourth-order valence-electron chi connectivity index (χ4n) is 1.75. The second kappa shape index (κ2) is 3.96. The van der Waals surface area contributed by atoms with Gasteiger partial charge in [0.25, 0.3) is 0 Å². The van der Waals surface area contributed by atoms with Crippen molar-refractivity contribution in [3.63, 3.8) is 0 Å². The summed E-state index contributed by atoms with van der Waals surface area (Å²) in [6.45, 7) is 5.14. The summed E-state index contributed by atoms with van der Waals surface area (Å²) in [7, 11) is 2.13. The van der Waals surface area contributed by atoms with Crippen molar-refractivity contribution >= 4 is 0 Å². The minimum absolute atomic E-state index is 0.695. The Morgan fingerprint density at radius 1 is 1.50 bits per heavy atom. The molecule has 0 atom stereocenters. The summed E-state index contributed by atoms with van der Waals surface area (Å²) in [6.07, 6.45) is 3.61. The molecule has 2 heterocycles. The highest BCUT2D eigenvalue weighted by atomic mass is 16.5. The lowest BCUT2D eigenvalue weighted by molar-refractivity contribution is 0.0856. The number of aromatic nitrogens is 1. The lowest BCUT2D eigenvalue weighted by Gasteiger charge is -2.35. The molecule has 0 amide bonds. The molecule has 1 saturated heterocycles. The van der Waals surface area contributed by atoms with Crippen molar-refractivity contribution in [3.8, 4) is 5.75 Å². The van der Waals surface area contributed by atoms with Crippen molar-refractivity contribution in [3.05, 3.63) is 24.0 Å². The number of aryl methyl sites for hydroxylation is 1. The van der Waals surface area contributed by atoms with Crippen LogP contribution in [0.2, 0.25) is 0 Å². The molecule has 0 unspecified atom stereocenters. The zero-order valence-corrected chi connectivity index (χ0v) is 8.73. The van der Waals surface area contributed by atoms with Crippen LogP contribution in [0.15, 0.2) is 18.5 Å². The topological polar surface area (TPSA) is 25.4 Å². The predicted molar refractivity (Wildman–Crippen MR) is 55.5 cm³/mol. The van der Waals surface area contributed by atoms with Gasteiger partial charge in [0, 0.05) is 25.2 Å². The van der Waals surface area contributed by atoms with E-state index in [9.17, 15) is 0 Å². The van der Waals surface area contributed by atoms with Gasteiger partial charge in [-0.3, -0.25) is 4.98 Å². The highest BCUT2D eigenvalue weighted by Crippen LogP contribution is 2.16. The SMILES string of the molecule is Cc1cncc(OCC2CN(C)C2)c1. The molecule has 1 aromatic heterocycles. The maximum absolute atomic E-state index is 5.65. The number of nitrogens with zero attached hydrogens (tertiary/aromatic N) is 2. The maximum atomic E-state index is 5.65. The average molecular weight is 192 g/mol. The van der Waals surface area contributed by atoms with Gasteiger partial charge in [0.15, 0.2) is 0 Å². The normalized spacial score (nSPS) is 17.9. The van der Waals surface area contributed by atoms with Crippen LogP contribution in [-0.4, -0.2) is 36.6 Å². The molecule has 2 rings (SSSR count).